The fourth-order valence-electron chi connectivity index (χ4n) is 3.25. The first-order valence-corrected chi connectivity index (χ1v) is 12.8. The molecule has 0 aromatic rings. The third-order valence-corrected chi connectivity index (χ3v) is 10.2. The molecule has 2 aliphatic heterocycles. The van der Waals surface area contributed by atoms with Crippen LogP contribution in [0.5, 0.6) is 0 Å². The summed E-state index contributed by atoms with van der Waals surface area (Å²) in [6.45, 7) is 16.7. The molecule has 2 heterocycles. The Morgan fingerprint density at radius 1 is 0.966 bits per heavy atom. The molecular weight excluding hydrogens is 409 g/mol. The lowest BCUT2D eigenvalue weighted by atomic mass is 9.99. The molecule has 1 N–H and O–H groups in total. The van der Waals surface area contributed by atoms with Gasteiger partial charge >= 0.3 is 6.18 Å². The fourth-order valence-corrected chi connectivity index (χ4v) is 4.57. The van der Waals surface area contributed by atoms with Crippen molar-refractivity contribution in [1.29, 1.82) is 0 Å². The Kier molecular flexibility index (Phi) is 6.66. The number of hydrogen-bond acceptors (Lipinski definition) is 6. The number of aliphatic hydroxyl groups is 1. The van der Waals surface area contributed by atoms with Crippen molar-refractivity contribution in [3.05, 3.63) is 0 Å². The zero-order chi connectivity index (χ0) is 22.6. The smallest absolute Gasteiger partial charge is 0.408 e. The van der Waals surface area contributed by atoms with Crippen molar-refractivity contribution in [3.63, 3.8) is 0 Å². The van der Waals surface area contributed by atoms with Crippen molar-refractivity contribution in [2.45, 2.75) is 115 Å². The molecule has 0 amide bonds. The predicted molar refractivity (Wildman–Crippen MR) is 103 cm³/mol. The van der Waals surface area contributed by atoms with E-state index in [9.17, 15) is 18.3 Å². The summed E-state index contributed by atoms with van der Waals surface area (Å²) in [6.07, 6.45) is -12.0. The topological polar surface area (TPSA) is 66.4 Å². The molecule has 5 atom stereocenters. The Morgan fingerprint density at radius 3 is 1.90 bits per heavy atom. The van der Waals surface area contributed by atoms with E-state index in [0.29, 0.717) is 0 Å². The van der Waals surface area contributed by atoms with Gasteiger partial charge in [0.2, 0.25) is 0 Å². The normalized spacial score (nSPS) is 32.4. The van der Waals surface area contributed by atoms with Crippen molar-refractivity contribution < 1.29 is 41.7 Å². The van der Waals surface area contributed by atoms with E-state index in [-0.39, 0.29) is 11.6 Å². The highest BCUT2D eigenvalue weighted by atomic mass is 28.4. The summed E-state index contributed by atoms with van der Waals surface area (Å²) in [4.78, 5) is 0. The SMILES string of the molecule is CC1(C)OCC([C@@H](O[Si](C)(C)C(C)(C)C)[C@@H]2OC(C)(C)O[C@@H]2[C@@H](O)C(F)(F)F)O1. The summed E-state index contributed by atoms with van der Waals surface area (Å²) < 4.78 is 69.5. The van der Waals surface area contributed by atoms with Crippen LogP contribution >= 0.6 is 0 Å². The van der Waals surface area contributed by atoms with Crippen molar-refractivity contribution in [2.24, 2.45) is 0 Å². The lowest BCUT2D eigenvalue weighted by Gasteiger charge is -2.43. The number of alkyl halides is 3. The van der Waals surface area contributed by atoms with E-state index in [0.717, 1.165) is 0 Å². The van der Waals surface area contributed by atoms with Crippen LogP contribution in [0.3, 0.4) is 0 Å². The van der Waals surface area contributed by atoms with Crippen LogP contribution < -0.4 is 0 Å². The maximum Gasteiger partial charge on any atom is 0.417 e. The van der Waals surface area contributed by atoms with E-state index in [2.05, 4.69) is 0 Å². The van der Waals surface area contributed by atoms with Gasteiger partial charge in [-0.2, -0.15) is 13.2 Å². The standard InChI is InChI=1S/C19H35F3O6Si/c1-16(2,3)29(8,9)28-12(11-10-24-17(4,5)25-11)13-14(15(23)19(20,21)22)27-18(6,7)26-13/h11-15,23H,10H2,1-9H3/t11?,12-,13+,14+,15-/m1/s1. The molecule has 0 spiro atoms. The molecule has 10 heteroatoms. The lowest BCUT2D eigenvalue weighted by Crippen LogP contribution is -2.57. The lowest BCUT2D eigenvalue weighted by molar-refractivity contribution is -0.243. The molecule has 0 aromatic heterocycles. The first-order chi connectivity index (χ1) is 12.8. The molecule has 2 fully saturated rings. The highest BCUT2D eigenvalue weighted by Gasteiger charge is 2.59. The van der Waals surface area contributed by atoms with Crippen molar-refractivity contribution in [2.75, 3.05) is 6.61 Å². The Balaban J connectivity index is 2.42. The van der Waals surface area contributed by atoms with Crippen LogP contribution in [0.4, 0.5) is 13.2 Å². The monoisotopic (exact) mass is 444 g/mol. The zero-order valence-corrected chi connectivity index (χ0v) is 19.7. The second kappa shape index (κ2) is 7.72. The van der Waals surface area contributed by atoms with Crippen LogP contribution in [0.1, 0.15) is 48.5 Å². The van der Waals surface area contributed by atoms with E-state index in [1.165, 1.54) is 13.8 Å². The van der Waals surface area contributed by atoms with Gasteiger partial charge in [0.1, 0.15) is 24.4 Å². The van der Waals surface area contributed by atoms with Crippen LogP contribution in [0.15, 0.2) is 0 Å². The van der Waals surface area contributed by atoms with Gasteiger partial charge in [-0.25, -0.2) is 0 Å². The Morgan fingerprint density at radius 2 is 1.48 bits per heavy atom. The molecule has 0 aliphatic carbocycles. The molecule has 2 saturated heterocycles. The first-order valence-electron chi connectivity index (χ1n) is 9.86. The van der Waals surface area contributed by atoms with Crippen molar-refractivity contribution in [3.8, 4) is 0 Å². The molecular formula is C19H35F3O6Si. The summed E-state index contributed by atoms with van der Waals surface area (Å²) in [5.74, 6) is -2.21. The third-order valence-electron chi connectivity index (χ3n) is 5.77. The summed E-state index contributed by atoms with van der Waals surface area (Å²) in [7, 11) is -2.44. The maximum atomic E-state index is 13.3. The molecule has 172 valence electrons. The van der Waals surface area contributed by atoms with E-state index in [1.807, 2.05) is 33.9 Å². The molecule has 0 radical (unpaired) electrons. The second-order valence-electron chi connectivity index (χ2n) is 10.3. The Hall–Kier alpha value is -0.233. The minimum absolute atomic E-state index is 0.140. The molecule has 2 rings (SSSR count). The van der Waals surface area contributed by atoms with Crippen molar-refractivity contribution in [1.82, 2.24) is 0 Å². The second-order valence-corrected chi connectivity index (χ2v) is 15.0. The van der Waals surface area contributed by atoms with E-state index < -0.39 is 56.6 Å². The largest absolute Gasteiger partial charge is 0.417 e. The summed E-state index contributed by atoms with van der Waals surface area (Å²) in [5.41, 5.74) is 0. The van der Waals surface area contributed by atoms with Crippen LogP contribution in [0, 0.1) is 0 Å². The molecule has 0 bridgehead atoms. The van der Waals surface area contributed by atoms with Gasteiger partial charge in [-0.15, -0.1) is 0 Å². The molecule has 1 unspecified atom stereocenters. The van der Waals surface area contributed by atoms with Gasteiger partial charge in [0.25, 0.3) is 0 Å². The average Bonchev–Trinajstić information content (AvgIpc) is 3.01. The van der Waals surface area contributed by atoms with E-state index >= 15 is 0 Å². The number of rotatable bonds is 5. The average molecular weight is 445 g/mol. The highest BCUT2D eigenvalue weighted by Crippen LogP contribution is 2.43. The zero-order valence-electron chi connectivity index (χ0n) is 18.7. The molecule has 0 aromatic carbocycles. The minimum Gasteiger partial charge on any atom is -0.408 e. The van der Waals surface area contributed by atoms with Crippen LogP contribution in [-0.2, 0) is 23.4 Å². The number of aliphatic hydroxyl groups excluding tert-OH is 1. The fraction of sp³-hybridized carbons (Fsp3) is 1.00. The summed E-state index contributed by atoms with van der Waals surface area (Å²) >= 11 is 0. The quantitative estimate of drug-likeness (QED) is 0.648. The number of halogens is 3. The molecule has 6 nitrogen and oxygen atoms in total. The van der Waals surface area contributed by atoms with Gasteiger partial charge in [-0.05, 0) is 45.8 Å². The van der Waals surface area contributed by atoms with Gasteiger partial charge < -0.3 is 28.5 Å². The Labute approximate surface area is 172 Å². The van der Waals surface area contributed by atoms with Gasteiger partial charge in [0.05, 0.1) is 6.61 Å². The van der Waals surface area contributed by atoms with E-state index in [1.54, 1.807) is 13.8 Å². The highest BCUT2D eigenvalue weighted by molar-refractivity contribution is 6.74. The van der Waals surface area contributed by atoms with Crippen LogP contribution in [0.25, 0.3) is 0 Å². The van der Waals surface area contributed by atoms with Gasteiger partial charge in [0.15, 0.2) is 26.0 Å². The third kappa shape index (κ3) is 5.72. The van der Waals surface area contributed by atoms with Gasteiger partial charge in [-0.1, -0.05) is 20.8 Å². The minimum atomic E-state index is -4.86. The van der Waals surface area contributed by atoms with E-state index in [4.69, 9.17) is 23.4 Å². The number of hydrogen-bond donors (Lipinski definition) is 1. The summed E-state index contributed by atoms with van der Waals surface area (Å²) in [6, 6.07) is 0. The maximum absolute atomic E-state index is 13.3. The molecule has 2 aliphatic rings. The summed E-state index contributed by atoms with van der Waals surface area (Å²) in [5, 5.41) is 9.79. The predicted octanol–water partition coefficient (Wildman–Crippen LogP) is 3.97. The Bertz CT molecular complexity index is 587. The molecule has 0 saturated carbocycles. The first kappa shape index (κ1) is 25.0. The van der Waals surface area contributed by atoms with Gasteiger partial charge in [-0.3, -0.25) is 0 Å². The van der Waals surface area contributed by atoms with Gasteiger partial charge in [0, 0.05) is 0 Å². The number of ether oxygens (including phenoxy) is 4. The van der Waals surface area contributed by atoms with Crippen LogP contribution in [0.2, 0.25) is 18.1 Å². The molecule has 29 heavy (non-hydrogen) atoms. The van der Waals surface area contributed by atoms with Crippen LogP contribution in [-0.4, -0.2) is 68.3 Å². The van der Waals surface area contributed by atoms with Crippen molar-refractivity contribution >= 4 is 8.32 Å².